The molecule has 5 nitrogen and oxygen atoms in total. The molecule has 2 fully saturated rings. The molecule has 2 saturated heterocycles. The fraction of sp³-hybridized carbons (Fsp3) is 0.500. The summed E-state index contributed by atoms with van der Waals surface area (Å²) in [5.41, 5.74) is 1.12. The maximum atomic E-state index is 12.8. The number of carbonyl (C=O) groups excluding carboxylic acids is 2. The van der Waals surface area contributed by atoms with Crippen molar-refractivity contribution in [3.63, 3.8) is 0 Å². The number of hydrogen-bond acceptors (Lipinski definition) is 3. The topological polar surface area (TPSA) is 60.9 Å². The first kappa shape index (κ1) is 15.3. The van der Waals surface area contributed by atoms with Gasteiger partial charge in [-0.3, -0.25) is 9.59 Å². The SMILES string of the molecule is O=C(c1ccc(Cl)cc1N1CCCC1=O)N1CCC(CO)C1. The molecule has 0 aromatic heterocycles. The highest BCUT2D eigenvalue weighted by molar-refractivity contribution is 6.31. The molecule has 0 bridgehead atoms. The van der Waals surface area contributed by atoms with E-state index in [1.165, 1.54) is 0 Å². The Kier molecular flexibility index (Phi) is 4.36. The molecule has 6 heteroatoms. The molecular weight excluding hydrogens is 304 g/mol. The zero-order chi connectivity index (χ0) is 15.7. The molecule has 22 heavy (non-hydrogen) atoms. The minimum absolute atomic E-state index is 0.0333. The van der Waals surface area contributed by atoms with Crippen LogP contribution in [0.4, 0.5) is 5.69 Å². The number of hydrogen-bond donors (Lipinski definition) is 1. The lowest BCUT2D eigenvalue weighted by atomic mass is 10.1. The number of carbonyl (C=O) groups is 2. The van der Waals surface area contributed by atoms with Crippen molar-refractivity contribution in [2.45, 2.75) is 19.3 Å². The number of likely N-dealkylation sites (tertiary alicyclic amines) is 1. The minimum Gasteiger partial charge on any atom is -0.396 e. The molecule has 2 heterocycles. The summed E-state index contributed by atoms with van der Waals surface area (Å²) in [6.45, 7) is 1.92. The second-order valence-electron chi connectivity index (χ2n) is 5.90. The van der Waals surface area contributed by atoms with Gasteiger partial charge in [-0.05, 0) is 31.0 Å². The molecule has 0 radical (unpaired) electrons. The van der Waals surface area contributed by atoms with Crippen LogP contribution < -0.4 is 4.90 Å². The van der Waals surface area contributed by atoms with Gasteiger partial charge in [0.05, 0.1) is 11.3 Å². The normalized spacial score (nSPS) is 21.7. The lowest BCUT2D eigenvalue weighted by Gasteiger charge is -2.23. The predicted octanol–water partition coefficient (Wildman–Crippen LogP) is 1.92. The third-order valence-corrected chi connectivity index (χ3v) is 4.62. The Labute approximate surface area is 134 Å². The lowest BCUT2D eigenvalue weighted by molar-refractivity contribution is -0.117. The van der Waals surface area contributed by atoms with Gasteiger partial charge in [-0.15, -0.1) is 0 Å². The first-order chi connectivity index (χ1) is 10.6. The van der Waals surface area contributed by atoms with E-state index in [-0.39, 0.29) is 24.3 Å². The van der Waals surface area contributed by atoms with Crippen LogP contribution in [0.2, 0.25) is 5.02 Å². The van der Waals surface area contributed by atoms with Crippen LogP contribution in [0.15, 0.2) is 18.2 Å². The summed E-state index contributed by atoms with van der Waals surface area (Å²) < 4.78 is 0. The molecule has 1 aromatic rings. The van der Waals surface area contributed by atoms with Crippen LogP contribution in [0, 0.1) is 5.92 Å². The van der Waals surface area contributed by atoms with Gasteiger partial charge in [0.15, 0.2) is 0 Å². The van der Waals surface area contributed by atoms with E-state index in [0.717, 1.165) is 12.8 Å². The van der Waals surface area contributed by atoms with Gasteiger partial charge in [0.1, 0.15) is 0 Å². The molecule has 2 aliphatic rings. The summed E-state index contributed by atoms with van der Waals surface area (Å²) in [5.74, 6) is 0.0846. The third-order valence-electron chi connectivity index (χ3n) is 4.39. The molecule has 2 amide bonds. The second kappa shape index (κ2) is 6.26. The average Bonchev–Trinajstić information content (AvgIpc) is 3.15. The Morgan fingerprint density at radius 3 is 2.82 bits per heavy atom. The predicted molar refractivity (Wildman–Crippen MR) is 84.1 cm³/mol. The molecule has 3 rings (SSSR count). The van der Waals surface area contributed by atoms with E-state index < -0.39 is 0 Å². The summed E-state index contributed by atoms with van der Waals surface area (Å²) in [7, 11) is 0. The number of nitrogens with zero attached hydrogens (tertiary/aromatic N) is 2. The second-order valence-corrected chi connectivity index (χ2v) is 6.34. The number of rotatable bonds is 3. The van der Waals surface area contributed by atoms with Crippen LogP contribution in [-0.2, 0) is 4.79 Å². The molecule has 0 spiro atoms. The van der Waals surface area contributed by atoms with Crippen LogP contribution in [0.3, 0.4) is 0 Å². The fourth-order valence-electron chi connectivity index (χ4n) is 3.15. The van der Waals surface area contributed by atoms with Crippen LogP contribution in [-0.4, -0.2) is 48.1 Å². The Morgan fingerprint density at radius 1 is 1.36 bits per heavy atom. The Hall–Kier alpha value is -1.59. The third kappa shape index (κ3) is 2.83. The molecule has 0 saturated carbocycles. The first-order valence-electron chi connectivity index (χ1n) is 7.60. The van der Waals surface area contributed by atoms with Crippen LogP contribution in [0.25, 0.3) is 0 Å². The van der Waals surface area contributed by atoms with Crippen LogP contribution >= 0.6 is 11.6 Å². The van der Waals surface area contributed by atoms with Gasteiger partial charge in [0, 0.05) is 43.6 Å². The Morgan fingerprint density at radius 2 is 2.18 bits per heavy atom. The first-order valence-corrected chi connectivity index (χ1v) is 7.98. The van der Waals surface area contributed by atoms with Crippen molar-refractivity contribution in [2.75, 3.05) is 31.1 Å². The van der Waals surface area contributed by atoms with Crippen molar-refractivity contribution >= 4 is 29.1 Å². The summed E-state index contributed by atoms with van der Waals surface area (Å²) in [4.78, 5) is 28.2. The van der Waals surface area contributed by atoms with Gasteiger partial charge >= 0.3 is 0 Å². The van der Waals surface area contributed by atoms with Crippen molar-refractivity contribution in [2.24, 2.45) is 5.92 Å². The van der Waals surface area contributed by atoms with Crippen molar-refractivity contribution < 1.29 is 14.7 Å². The minimum atomic E-state index is -0.0951. The molecule has 1 atom stereocenters. The smallest absolute Gasteiger partial charge is 0.255 e. The summed E-state index contributed by atoms with van der Waals surface area (Å²) in [6, 6.07) is 5.06. The van der Waals surface area contributed by atoms with E-state index in [4.69, 9.17) is 11.6 Å². The van der Waals surface area contributed by atoms with E-state index in [9.17, 15) is 14.7 Å². The maximum absolute atomic E-state index is 12.8. The van der Waals surface area contributed by atoms with Crippen LogP contribution in [0.5, 0.6) is 0 Å². The van der Waals surface area contributed by atoms with E-state index in [0.29, 0.717) is 42.3 Å². The van der Waals surface area contributed by atoms with Gasteiger partial charge in [0.25, 0.3) is 5.91 Å². The number of halogens is 1. The summed E-state index contributed by atoms with van der Waals surface area (Å²) in [5, 5.41) is 9.74. The van der Waals surface area contributed by atoms with Crippen molar-refractivity contribution in [3.8, 4) is 0 Å². The van der Waals surface area contributed by atoms with Crippen molar-refractivity contribution in [1.82, 2.24) is 4.90 Å². The fourth-order valence-corrected chi connectivity index (χ4v) is 3.31. The van der Waals surface area contributed by atoms with Gasteiger partial charge < -0.3 is 14.9 Å². The standard InChI is InChI=1S/C16H19ClN2O3/c17-12-3-4-13(14(8-12)19-6-1-2-15(19)21)16(22)18-7-5-11(9-18)10-20/h3-4,8,11,20H,1-2,5-7,9-10H2. The zero-order valence-electron chi connectivity index (χ0n) is 12.3. The highest BCUT2D eigenvalue weighted by Gasteiger charge is 2.31. The lowest BCUT2D eigenvalue weighted by Crippen LogP contribution is -2.32. The van der Waals surface area contributed by atoms with Gasteiger partial charge in [-0.1, -0.05) is 11.6 Å². The van der Waals surface area contributed by atoms with E-state index in [1.807, 2.05) is 0 Å². The molecule has 1 N–H and O–H groups in total. The van der Waals surface area contributed by atoms with Gasteiger partial charge in [-0.25, -0.2) is 0 Å². The number of aliphatic hydroxyl groups is 1. The van der Waals surface area contributed by atoms with Crippen molar-refractivity contribution in [3.05, 3.63) is 28.8 Å². The van der Waals surface area contributed by atoms with Gasteiger partial charge in [0.2, 0.25) is 5.91 Å². The monoisotopic (exact) mass is 322 g/mol. The molecule has 118 valence electrons. The van der Waals surface area contributed by atoms with E-state index in [2.05, 4.69) is 0 Å². The molecule has 2 aliphatic heterocycles. The molecule has 1 unspecified atom stereocenters. The zero-order valence-corrected chi connectivity index (χ0v) is 13.1. The number of aliphatic hydroxyl groups excluding tert-OH is 1. The summed E-state index contributed by atoms with van der Waals surface area (Å²) in [6.07, 6.45) is 2.12. The average molecular weight is 323 g/mol. The quantitative estimate of drug-likeness (QED) is 0.925. The van der Waals surface area contributed by atoms with Crippen LogP contribution in [0.1, 0.15) is 29.6 Å². The van der Waals surface area contributed by atoms with Gasteiger partial charge in [-0.2, -0.15) is 0 Å². The summed E-state index contributed by atoms with van der Waals surface area (Å²) >= 11 is 6.06. The Bertz CT molecular complexity index is 605. The number of benzene rings is 1. The highest BCUT2D eigenvalue weighted by atomic mass is 35.5. The van der Waals surface area contributed by atoms with E-state index in [1.54, 1.807) is 28.0 Å². The largest absolute Gasteiger partial charge is 0.396 e. The molecule has 0 aliphatic carbocycles. The Balaban J connectivity index is 1.90. The molecule has 1 aromatic carbocycles. The number of anilines is 1. The maximum Gasteiger partial charge on any atom is 0.255 e. The van der Waals surface area contributed by atoms with Crippen molar-refractivity contribution in [1.29, 1.82) is 0 Å². The number of amides is 2. The molecular formula is C16H19ClN2O3. The van der Waals surface area contributed by atoms with E-state index >= 15 is 0 Å². The highest BCUT2D eigenvalue weighted by Crippen LogP contribution is 2.30.